The Labute approximate surface area is 120 Å². The number of nitrogens with one attached hydrogen (secondary N) is 1. The largest absolute Gasteiger partial charge is 0.368 e. The topological polar surface area (TPSA) is 55.1 Å². The number of nitrogens with two attached hydrogens (primary N) is 1. The molecule has 2 atom stereocenters. The highest BCUT2D eigenvalue weighted by molar-refractivity contribution is 7.99. The number of hydrogen-bond acceptors (Lipinski definition) is 3. The SMILES string of the molecule is NC(=O)C1(NC2CC2)CCC(SCC2CCCC2)C1. The normalized spacial score (nSPS) is 35.9. The van der Waals surface area contributed by atoms with E-state index >= 15 is 0 Å². The fourth-order valence-corrected chi connectivity index (χ4v) is 5.20. The molecule has 0 heterocycles. The van der Waals surface area contributed by atoms with Crippen molar-refractivity contribution >= 4 is 17.7 Å². The molecule has 3 aliphatic rings. The van der Waals surface area contributed by atoms with E-state index < -0.39 is 0 Å². The highest BCUT2D eigenvalue weighted by Crippen LogP contribution is 2.41. The van der Waals surface area contributed by atoms with E-state index in [0.29, 0.717) is 11.3 Å². The summed E-state index contributed by atoms with van der Waals surface area (Å²) in [6.45, 7) is 0. The molecule has 3 nitrogen and oxygen atoms in total. The molecule has 108 valence electrons. The van der Waals surface area contributed by atoms with Crippen LogP contribution in [-0.2, 0) is 4.79 Å². The lowest BCUT2D eigenvalue weighted by Crippen LogP contribution is -2.54. The summed E-state index contributed by atoms with van der Waals surface area (Å²) < 4.78 is 0. The molecule has 3 N–H and O–H groups in total. The summed E-state index contributed by atoms with van der Waals surface area (Å²) >= 11 is 2.10. The molecule has 0 spiro atoms. The van der Waals surface area contributed by atoms with Gasteiger partial charge in [0.05, 0.1) is 5.54 Å². The maximum absolute atomic E-state index is 11.8. The first-order valence-electron chi connectivity index (χ1n) is 7.87. The Hall–Kier alpha value is -0.220. The van der Waals surface area contributed by atoms with Gasteiger partial charge in [-0.15, -0.1) is 0 Å². The molecule has 3 aliphatic carbocycles. The molecule has 2 unspecified atom stereocenters. The van der Waals surface area contributed by atoms with E-state index in [1.807, 2.05) is 0 Å². The molecular formula is C15H26N2OS. The summed E-state index contributed by atoms with van der Waals surface area (Å²) in [4.78, 5) is 11.8. The van der Waals surface area contributed by atoms with E-state index in [0.717, 1.165) is 25.2 Å². The zero-order chi connectivity index (χ0) is 13.3. The minimum atomic E-state index is -0.380. The molecule has 0 aromatic rings. The summed E-state index contributed by atoms with van der Waals surface area (Å²) in [6.07, 6.45) is 11.2. The van der Waals surface area contributed by atoms with Crippen LogP contribution in [0.2, 0.25) is 0 Å². The smallest absolute Gasteiger partial charge is 0.237 e. The molecule has 0 aromatic carbocycles. The Bertz CT molecular complexity index is 339. The minimum Gasteiger partial charge on any atom is -0.368 e. The van der Waals surface area contributed by atoms with Crippen molar-refractivity contribution < 1.29 is 4.79 Å². The van der Waals surface area contributed by atoms with Crippen LogP contribution in [0.15, 0.2) is 0 Å². The van der Waals surface area contributed by atoms with Crippen LogP contribution in [0.4, 0.5) is 0 Å². The van der Waals surface area contributed by atoms with Crippen LogP contribution in [0.5, 0.6) is 0 Å². The van der Waals surface area contributed by atoms with E-state index in [-0.39, 0.29) is 11.4 Å². The van der Waals surface area contributed by atoms with Gasteiger partial charge in [-0.2, -0.15) is 11.8 Å². The van der Waals surface area contributed by atoms with Gasteiger partial charge >= 0.3 is 0 Å². The van der Waals surface area contributed by atoms with Crippen LogP contribution in [0.25, 0.3) is 0 Å². The Morgan fingerprint density at radius 1 is 1.21 bits per heavy atom. The zero-order valence-electron chi connectivity index (χ0n) is 11.7. The molecule has 0 saturated heterocycles. The molecule has 0 radical (unpaired) electrons. The van der Waals surface area contributed by atoms with E-state index in [2.05, 4.69) is 17.1 Å². The third-order valence-electron chi connectivity index (χ3n) is 5.04. The zero-order valence-corrected chi connectivity index (χ0v) is 12.5. The lowest BCUT2D eigenvalue weighted by Gasteiger charge is -2.27. The van der Waals surface area contributed by atoms with Crippen LogP contribution < -0.4 is 11.1 Å². The summed E-state index contributed by atoms with van der Waals surface area (Å²) in [5.41, 5.74) is 5.30. The fourth-order valence-electron chi connectivity index (χ4n) is 3.64. The van der Waals surface area contributed by atoms with Crippen molar-refractivity contribution in [2.45, 2.75) is 74.6 Å². The monoisotopic (exact) mass is 282 g/mol. The molecule has 0 bridgehead atoms. The number of amides is 1. The fraction of sp³-hybridized carbons (Fsp3) is 0.933. The number of thioether (sulfide) groups is 1. The van der Waals surface area contributed by atoms with Crippen molar-refractivity contribution in [3.63, 3.8) is 0 Å². The quantitative estimate of drug-likeness (QED) is 0.787. The van der Waals surface area contributed by atoms with Crippen LogP contribution in [0, 0.1) is 5.92 Å². The summed E-state index contributed by atoms with van der Waals surface area (Å²) in [7, 11) is 0. The van der Waals surface area contributed by atoms with E-state index in [9.17, 15) is 4.79 Å². The second kappa shape index (κ2) is 5.65. The molecule has 3 saturated carbocycles. The second-order valence-electron chi connectivity index (χ2n) is 6.71. The Balaban J connectivity index is 1.50. The molecular weight excluding hydrogens is 256 g/mol. The highest BCUT2D eigenvalue weighted by atomic mass is 32.2. The van der Waals surface area contributed by atoms with Gasteiger partial charge in [-0.25, -0.2) is 0 Å². The van der Waals surface area contributed by atoms with Crippen molar-refractivity contribution in [2.24, 2.45) is 11.7 Å². The Kier molecular flexibility index (Phi) is 4.08. The predicted octanol–water partition coefficient (Wildman–Crippen LogP) is 2.44. The first-order chi connectivity index (χ1) is 9.18. The van der Waals surface area contributed by atoms with Gasteiger partial charge < -0.3 is 11.1 Å². The third kappa shape index (κ3) is 3.27. The summed E-state index contributed by atoms with van der Waals surface area (Å²) in [5.74, 6) is 2.11. The number of carbonyl (C=O) groups is 1. The average Bonchev–Trinajstić information content (AvgIpc) is 2.91. The first kappa shape index (κ1) is 13.7. The molecule has 3 fully saturated rings. The molecule has 19 heavy (non-hydrogen) atoms. The highest BCUT2D eigenvalue weighted by Gasteiger charge is 2.46. The number of primary amides is 1. The number of rotatable bonds is 6. The lowest BCUT2D eigenvalue weighted by atomic mass is 9.96. The number of hydrogen-bond donors (Lipinski definition) is 2. The number of carbonyl (C=O) groups excluding carboxylic acids is 1. The van der Waals surface area contributed by atoms with Crippen LogP contribution >= 0.6 is 11.8 Å². The summed E-state index contributed by atoms with van der Waals surface area (Å²) in [6, 6.07) is 0.561. The lowest BCUT2D eigenvalue weighted by molar-refractivity contribution is -0.124. The van der Waals surface area contributed by atoms with E-state index in [1.165, 1.54) is 44.3 Å². The van der Waals surface area contributed by atoms with Crippen molar-refractivity contribution in [1.29, 1.82) is 0 Å². The Morgan fingerprint density at radius 2 is 1.95 bits per heavy atom. The summed E-state index contributed by atoms with van der Waals surface area (Å²) in [5, 5.41) is 4.17. The van der Waals surface area contributed by atoms with E-state index in [4.69, 9.17) is 5.73 Å². The van der Waals surface area contributed by atoms with Gasteiger partial charge in [0, 0.05) is 11.3 Å². The average molecular weight is 282 g/mol. The molecule has 0 aliphatic heterocycles. The van der Waals surface area contributed by atoms with Crippen LogP contribution in [0.3, 0.4) is 0 Å². The standard InChI is InChI=1S/C15H26N2OS/c16-14(18)15(17-12-5-6-12)8-7-13(9-15)19-10-11-3-1-2-4-11/h11-13,17H,1-10H2,(H2,16,18). The maximum atomic E-state index is 11.8. The second-order valence-corrected chi connectivity index (χ2v) is 8.05. The van der Waals surface area contributed by atoms with Gasteiger partial charge in [0.1, 0.15) is 0 Å². The van der Waals surface area contributed by atoms with Gasteiger partial charge in [0.25, 0.3) is 0 Å². The van der Waals surface area contributed by atoms with Crippen molar-refractivity contribution in [3.05, 3.63) is 0 Å². The van der Waals surface area contributed by atoms with Gasteiger partial charge in [-0.3, -0.25) is 4.79 Å². The molecule has 4 heteroatoms. The van der Waals surface area contributed by atoms with Gasteiger partial charge in [-0.05, 0) is 56.6 Å². The maximum Gasteiger partial charge on any atom is 0.237 e. The van der Waals surface area contributed by atoms with Crippen LogP contribution in [0.1, 0.15) is 57.8 Å². The predicted molar refractivity (Wildman–Crippen MR) is 80.1 cm³/mol. The van der Waals surface area contributed by atoms with Crippen molar-refractivity contribution in [1.82, 2.24) is 5.32 Å². The molecule has 3 rings (SSSR count). The molecule has 0 aromatic heterocycles. The molecule has 1 amide bonds. The van der Waals surface area contributed by atoms with Gasteiger partial charge in [0.15, 0.2) is 0 Å². The van der Waals surface area contributed by atoms with Gasteiger partial charge in [0.2, 0.25) is 5.91 Å². The third-order valence-corrected chi connectivity index (χ3v) is 6.58. The van der Waals surface area contributed by atoms with E-state index in [1.54, 1.807) is 0 Å². The van der Waals surface area contributed by atoms with Crippen molar-refractivity contribution in [3.8, 4) is 0 Å². The van der Waals surface area contributed by atoms with Crippen molar-refractivity contribution in [2.75, 3.05) is 5.75 Å². The minimum absolute atomic E-state index is 0.122. The Morgan fingerprint density at radius 3 is 2.58 bits per heavy atom. The first-order valence-corrected chi connectivity index (χ1v) is 8.92. The van der Waals surface area contributed by atoms with Crippen LogP contribution in [-0.4, -0.2) is 28.5 Å². The van der Waals surface area contributed by atoms with Gasteiger partial charge in [-0.1, -0.05) is 12.8 Å².